The first-order chi connectivity index (χ1) is 15.1. The molecule has 0 unspecified atom stereocenters. The van der Waals surface area contributed by atoms with Crippen molar-refractivity contribution in [3.8, 4) is 17.4 Å². The molecule has 0 saturated carbocycles. The van der Waals surface area contributed by atoms with Crippen molar-refractivity contribution in [1.29, 1.82) is 0 Å². The van der Waals surface area contributed by atoms with E-state index >= 15 is 0 Å². The van der Waals surface area contributed by atoms with E-state index in [2.05, 4.69) is 46.2 Å². The average molecular weight is 418 g/mol. The highest BCUT2D eigenvalue weighted by atomic mass is 16.5. The number of aromatic nitrogens is 2. The van der Waals surface area contributed by atoms with E-state index in [1.807, 2.05) is 12.1 Å². The second-order valence-electron chi connectivity index (χ2n) is 6.82. The number of hydrogen-bond donors (Lipinski definition) is 2. The Morgan fingerprint density at radius 2 is 1.97 bits per heavy atom. The fraction of sp³-hybridized carbons (Fsp3) is 0.208. The van der Waals surface area contributed by atoms with Crippen molar-refractivity contribution in [2.24, 2.45) is 0 Å². The maximum Gasteiger partial charge on any atom is 0.267 e. The van der Waals surface area contributed by atoms with Gasteiger partial charge in [-0.2, -0.15) is 4.98 Å². The lowest BCUT2D eigenvalue weighted by Gasteiger charge is -2.12. The van der Waals surface area contributed by atoms with Crippen molar-refractivity contribution in [3.63, 3.8) is 0 Å². The maximum absolute atomic E-state index is 11.5. The Bertz CT molecular complexity index is 1040. The summed E-state index contributed by atoms with van der Waals surface area (Å²) >= 11 is 0. The van der Waals surface area contributed by atoms with Crippen LogP contribution in [-0.2, 0) is 11.2 Å². The lowest BCUT2D eigenvalue weighted by molar-refractivity contribution is -0.111. The Morgan fingerprint density at radius 1 is 1.16 bits per heavy atom. The third-order valence-electron chi connectivity index (χ3n) is 4.47. The molecule has 7 heteroatoms. The van der Waals surface area contributed by atoms with Gasteiger partial charge in [-0.05, 0) is 48.7 Å². The van der Waals surface area contributed by atoms with Gasteiger partial charge < -0.3 is 20.1 Å². The van der Waals surface area contributed by atoms with Crippen LogP contribution < -0.4 is 20.1 Å². The lowest BCUT2D eigenvalue weighted by Crippen LogP contribution is -2.07. The molecule has 0 aliphatic heterocycles. The van der Waals surface area contributed by atoms with Crippen LogP contribution in [0.2, 0.25) is 0 Å². The van der Waals surface area contributed by atoms with Crippen molar-refractivity contribution in [2.45, 2.75) is 26.2 Å². The topological polar surface area (TPSA) is 85.4 Å². The van der Waals surface area contributed by atoms with E-state index in [-0.39, 0.29) is 11.8 Å². The van der Waals surface area contributed by atoms with Crippen LogP contribution in [0.4, 0.5) is 17.3 Å². The monoisotopic (exact) mass is 418 g/mol. The summed E-state index contributed by atoms with van der Waals surface area (Å²) in [4.78, 5) is 20.3. The predicted molar refractivity (Wildman–Crippen MR) is 122 cm³/mol. The van der Waals surface area contributed by atoms with Gasteiger partial charge in [0.15, 0.2) is 5.75 Å². The van der Waals surface area contributed by atoms with E-state index < -0.39 is 0 Å². The van der Waals surface area contributed by atoms with Gasteiger partial charge in [0, 0.05) is 17.4 Å². The number of ether oxygens (including phenoxy) is 2. The zero-order chi connectivity index (χ0) is 22.1. The number of carbonyl (C=O) groups is 1. The van der Waals surface area contributed by atoms with Gasteiger partial charge in [0.25, 0.3) is 5.88 Å². The van der Waals surface area contributed by atoms with Crippen LogP contribution in [0.1, 0.15) is 25.3 Å². The number of nitrogens with zero attached hydrogens (tertiary/aromatic N) is 2. The van der Waals surface area contributed by atoms with E-state index in [4.69, 9.17) is 9.47 Å². The van der Waals surface area contributed by atoms with E-state index in [0.717, 1.165) is 12.1 Å². The third kappa shape index (κ3) is 6.30. The molecule has 0 aliphatic rings. The van der Waals surface area contributed by atoms with Crippen LogP contribution in [0.25, 0.3) is 0 Å². The van der Waals surface area contributed by atoms with Crippen LogP contribution >= 0.6 is 0 Å². The number of aryl methyl sites for hydroxylation is 1. The molecule has 31 heavy (non-hydrogen) atoms. The van der Waals surface area contributed by atoms with Crippen LogP contribution in [0.3, 0.4) is 0 Å². The Balaban J connectivity index is 1.75. The quantitative estimate of drug-likeness (QED) is 0.424. The Morgan fingerprint density at radius 3 is 2.68 bits per heavy atom. The molecular formula is C24H26N4O3. The summed E-state index contributed by atoms with van der Waals surface area (Å²) in [6.07, 6.45) is 6.17. The van der Waals surface area contributed by atoms with Gasteiger partial charge >= 0.3 is 0 Å². The van der Waals surface area contributed by atoms with Crippen LogP contribution in [-0.4, -0.2) is 23.0 Å². The van der Waals surface area contributed by atoms with Gasteiger partial charge in [-0.25, -0.2) is 4.98 Å². The predicted octanol–water partition coefficient (Wildman–Crippen LogP) is 5.49. The molecule has 7 nitrogen and oxygen atoms in total. The molecule has 1 amide bonds. The molecule has 0 aliphatic carbocycles. The molecule has 3 rings (SSSR count). The fourth-order valence-corrected chi connectivity index (χ4v) is 2.84. The molecule has 3 aromatic rings. The van der Waals surface area contributed by atoms with Crippen molar-refractivity contribution in [3.05, 3.63) is 72.9 Å². The van der Waals surface area contributed by atoms with Crippen molar-refractivity contribution < 1.29 is 14.3 Å². The number of anilines is 3. The highest BCUT2D eigenvalue weighted by Crippen LogP contribution is 2.31. The number of benzene rings is 2. The van der Waals surface area contributed by atoms with E-state index in [1.165, 1.54) is 31.6 Å². The number of hydrogen-bond acceptors (Lipinski definition) is 6. The largest absolute Gasteiger partial charge is 0.490 e. The standard InChI is InChI=1S/C24H26N4O3/c1-4-6-8-17-11-13-18(14-12-17)27-24-25-16-21(30-3)23(28-24)31-20-10-7-9-19(15-20)26-22(29)5-2/h5,7,9-16H,2,4,6,8H2,1,3H3,(H,26,29)(H,25,27,28). The molecule has 2 N–H and O–H groups in total. The minimum Gasteiger partial charge on any atom is -0.490 e. The van der Waals surface area contributed by atoms with Gasteiger partial charge in [0.05, 0.1) is 13.3 Å². The third-order valence-corrected chi connectivity index (χ3v) is 4.47. The molecule has 0 atom stereocenters. The minimum absolute atomic E-state index is 0.256. The second-order valence-corrected chi connectivity index (χ2v) is 6.82. The van der Waals surface area contributed by atoms with Crippen molar-refractivity contribution in [2.75, 3.05) is 17.7 Å². The second kappa shape index (κ2) is 10.8. The Kier molecular flexibility index (Phi) is 7.59. The van der Waals surface area contributed by atoms with E-state index in [9.17, 15) is 4.79 Å². The van der Waals surface area contributed by atoms with Gasteiger partial charge in [-0.15, -0.1) is 0 Å². The number of nitrogens with one attached hydrogen (secondary N) is 2. The van der Waals surface area contributed by atoms with Crippen LogP contribution in [0.15, 0.2) is 67.4 Å². The molecule has 0 bridgehead atoms. The Labute approximate surface area is 182 Å². The number of methoxy groups -OCH3 is 1. The first-order valence-electron chi connectivity index (χ1n) is 10.1. The zero-order valence-corrected chi connectivity index (χ0v) is 17.7. The van der Waals surface area contributed by atoms with E-state index in [0.29, 0.717) is 23.1 Å². The summed E-state index contributed by atoms with van der Waals surface area (Å²) in [5.74, 6) is 1.22. The molecule has 0 spiro atoms. The summed E-state index contributed by atoms with van der Waals surface area (Å²) in [6, 6.07) is 15.2. The molecule has 0 radical (unpaired) electrons. The van der Waals surface area contributed by atoms with Gasteiger partial charge in [-0.1, -0.05) is 38.1 Å². The maximum atomic E-state index is 11.5. The Hall–Kier alpha value is -3.87. The summed E-state index contributed by atoms with van der Waals surface area (Å²) in [5, 5.41) is 5.88. The highest BCUT2D eigenvalue weighted by molar-refractivity contribution is 5.98. The lowest BCUT2D eigenvalue weighted by atomic mass is 10.1. The van der Waals surface area contributed by atoms with Crippen LogP contribution in [0, 0.1) is 0 Å². The van der Waals surface area contributed by atoms with Crippen LogP contribution in [0.5, 0.6) is 17.4 Å². The van der Waals surface area contributed by atoms with Gasteiger partial charge in [0.2, 0.25) is 11.9 Å². The molecule has 0 fully saturated rings. The summed E-state index contributed by atoms with van der Waals surface area (Å²) < 4.78 is 11.2. The zero-order valence-electron chi connectivity index (χ0n) is 17.7. The summed E-state index contributed by atoms with van der Waals surface area (Å²) in [6.45, 7) is 5.63. The normalized spacial score (nSPS) is 10.3. The smallest absolute Gasteiger partial charge is 0.267 e. The number of carbonyl (C=O) groups excluding carboxylic acids is 1. The molecular weight excluding hydrogens is 392 g/mol. The first kappa shape index (κ1) is 21.8. The molecule has 1 heterocycles. The first-order valence-corrected chi connectivity index (χ1v) is 10.1. The highest BCUT2D eigenvalue weighted by Gasteiger charge is 2.11. The minimum atomic E-state index is -0.302. The summed E-state index contributed by atoms with van der Waals surface area (Å²) in [7, 11) is 1.52. The number of rotatable bonds is 10. The number of unbranched alkanes of at least 4 members (excludes halogenated alkanes) is 1. The van der Waals surface area contributed by atoms with Gasteiger partial charge in [-0.3, -0.25) is 4.79 Å². The van der Waals surface area contributed by atoms with Crippen molar-refractivity contribution in [1.82, 2.24) is 9.97 Å². The number of amides is 1. The van der Waals surface area contributed by atoms with Crippen molar-refractivity contribution >= 4 is 23.2 Å². The molecule has 160 valence electrons. The fourth-order valence-electron chi connectivity index (χ4n) is 2.84. The molecule has 1 aromatic heterocycles. The molecule has 2 aromatic carbocycles. The summed E-state index contributed by atoms with van der Waals surface area (Å²) in [5.41, 5.74) is 2.76. The van der Waals surface area contributed by atoms with Gasteiger partial charge in [0.1, 0.15) is 5.75 Å². The SMILES string of the molecule is C=CC(=O)Nc1cccc(Oc2nc(Nc3ccc(CCCC)cc3)ncc2OC)c1. The average Bonchev–Trinajstić information content (AvgIpc) is 2.79. The van der Waals surface area contributed by atoms with E-state index in [1.54, 1.807) is 30.5 Å². The molecule has 0 saturated heterocycles.